The first-order chi connectivity index (χ1) is 12.0. The molecule has 2 aromatic rings. The highest BCUT2D eigenvalue weighted by Crippen LogP contribution is 2.28. The first-order valence-corrected chi connectivity index (χ1v) is 8.43. The van der Waals surface area contributed by atoms with Gasteiger partial charge in [-0.05, 0) is 31.2 Å². The Hall–Kier alpha value is -3.38. The van der Waals surface area contributed by atoms with Crippen LogP contribution in [0.2, 0.25) is 0 Å². The molecule has 26 heavy (non-hydrogen) atoms. The minimum absolute atomic E-state index is 0.0424. The van der Waals surface area contributed by atoms with Crippen molar-refractivity contribution >= 4 is 33.0 Å². The van der Waals surface area contributed by atoms with Gasteiger partial charge in [0.1, 0.15) is 0 Å². The average Bonchev–Trinajstić information content (AvgIpc) is 2.54. The molecule has 11 nitrogen and oxygen atoms in total. The van der Waals surface area contributed by atoms with E-state index in [-0.39, 0.29) is 21.7 Å². The van der Waals surface area contributed by atoms with Crippen molar-refractivity contribution in [3.63, 3.8) is 0 Å². The van der Waals surface area contributed by atoms with E-state index in [9.17, 15) is 33.4 Å². The van der Waals surface area contributed by atoms with Crippen LogP contribution in [0.3, 0.4) is 0 Å². The van der Waals surface area contributed by atoms with E-state index in [1.54, 1.807) is 0 Å². The fraction of sp³-hybridized carbons (Fsp3) is 0.0714. The average molecular weight is 380 g/mol. The van der Waals surface area contributed by atoms with Gasteiger partial charge in [0.25, 0.3) is 17.3 Å². The van der Waals surface area contributed by atoms with Gasteiger partial charge in [-0.2, -0.15) is 0 Å². The maximum Gasteiger partial charge on any atom is 0.279 e. The maximum atomic E-state index is 12.4. The smallest absolute Gasteiger partial charge is 0.279 e. The van der Waals surface area contributed by atoms with Crippen LogP contribution in [0.15, 0.2) is 41.3 Å². The lowest BCUT2D eigenvalue weighted by molar-refractivity contribution is -0.394. The van der Waals surface area contributed by atoms with Crippen molar-refractivity contribution < 1.29 is 23.1 Å². The number of hydrogen-bond donors (Lipinski definition) is 2. The van der Waals surface area contributed by atoms with E-state index in [1.165, 1.54) is 19.1 Å². The number of nitrogens with zero attached hydrogens (tertiary/aromatic N) is 2. The summed E-state index contributed by atoms with van der Waals surface area (Å²) >= 11 is 0. The Morgan fingerprint density at radius 1 is 1.08 bits per heavy atom. The number of anilines is 1. The number of nitrogens with one attached hydrogen (secondary N) is 1. The number of rotatable bonds is 5. The van der Waals surface area contributed by atoms with Gasteiger partial charge < -0.3 is 5.32 Å². The van der Waals surface area contributed by atoms with E-state index in [1.807, 2.05) is 0 Å². The molecule has 0 radical (unpaired) electrons. The molecule has 0 saturated carbocycles. The van der Waals surface area contributed by atoms with Crippen molar-refractivity contribution in [2.24, 2.45) is 5.14 Å². The number of amides is 1. The Labute approximate surface area is 146 Å². The molecular weight excluding hydrogens is 368 g/mol. The third-order valence-corrected chi connectivity index (χ3v) is 4.39. The van der Waals surface area contributed by atoms with Crippen LogP contribution in [0.25, 0.3) is 0 Å². The van der Waals surface area contributed by atoms with Crippen LogP contribution in [0.4, 0.5) is 17.1 Å². The molecule has 0 spiro atoms. The normalized spacial score (nSPS) is 11.0. The number of primary sulfonamides is 1. The Bertz CT molecular complexity index is 1020. The Balaban J connectivity index is 2.40. The second kappa shape index (κ2) is 6.85. The summed E-state index contributed by atoms with van der Waals surface area (Å²) in [4.78, 5) is 32.5. The number of benzene rings is 2. The number of hydrogen-bond acceptors (Lipinski definition) is 7. The number of non-ortho nitro benzene ring substituents is 1. The van der Waals surface area contributed by atoms with Crippen LogP contribution in [0.1, 0.15) is 15.9 Å². The van der Waals surface area contributed by atoms with E-state index in [0.717, 1.165) is 24.3 Å². The minimum Gasteiger partial charge on any atom is -0.322 e. The van der Waals surface area contributed by atoms with E-state index in [0.29, 0.717) is 0 Å². The lowest BCUT2D eigenvalue weighted by Crippen LogP contribution is -2.15. The number of nitro groups is 2. The first-order valence-electron chi connectivity index (χ1n) is 6.88. The molecule has 2 rings (SSSR count). The second-order valence-corrected chi connectivity index (χ2v) is 6.74. The SMILES string of the molecule is Cc1c(C(=O)Nc2ccc(S(N)(=O)=O)cc2)cc([N+](=O)[O-])cc1[N+](=O)[O-]. The third-order valence-electron chi connectivity index (χ3n) is 3.46. The van der Waals surface area contributed by atoms with Gasteiger partial charge in [0.2, 0.25) is 10.0 Å². The molecule has 0 unspecified atom stereocenters. The van der Waals surface area contributed by atoms with Gasteiger partial charge in [0, 0.05) is 17.3 Å². The topological polar surface area (TPSA) is 176 Å². The molecule has 0 aliphatic carbocycles. The zero-order valence-electron chi connectivity index (χ0n) is 13.2. The zero-order valence-corrected chi connectivity index (χ0v) is 14.0. The molecule has 0 atom stereocenters. The third kappa shape index (κ3) is 3.99. The van der Waals surface area contributed by atoms with Crippen LogP contribution >= 0.6 is 0 Å². The molecule has 3 N–H and O–H groups in total. The summed E-state index contributed by atoms with van der Waals surface area (Å²) in [7, 11) is -3.90. The molecule has 0 fully saturated rings. The van der Waals surface area contributed by atoms with Gasteiger partial charge in [-0.3, -0.25) is 25.0 Å². The zero-order chi connectivity index (χ0) is 19.6. The highest BCUT2D eigenvalue weighted by molar-refractivity contribution is 7.89. The van der Waals surface area contributed by atoms with E-state index in [4.69, 9.17) is 5.14 Å². The van der Waals surface area contributed by atoms with Crippen molar-refractivity contribution in [2.45, 2.75) is 11.8 Å². The molecule has 0 aromatic heterocycles. The number of sulfonamides is 1. The number of nitro benzene ring substituents is 2. The Morgan fingerprint density at radius 2 is 1.65 bits per heavy atom. The van der Waals surface area contributed by atoms with Crippen LogP contribution in [-0.2, 0) is 10.0 Å². The van der Waals surface area contributed by atoms with E-state index in [2.05, 4.69) is 5.32 Å². The van der Waals surface area contributed by atoms with Crippen molar-refractivity contribution in [2.75, 3.05) is 5.32 Å². The maximum absolute atomic E-state index is 12.4. The number of carbonyl (C=O) groups is 1. The minimum atomic E-state index is -3.90. The quantitative estimate of drug-likeness (QED) is 0.586. The summed E-state index contributed by atoms with van der Waals surface area (Å²) in [5.41, 5.74) is -1.28. The van der Waals surface area contributed by atoms with Gasteiger partial charge in [0.15, 0.2) is 0 Å². The lowest BCUT2D eigenvalue weighted by Gasteiger charge is -2.09. The summed E-state index contributed by atoms with van der Waals surface area (Å²) in [6.07, 6.45) is 0. The van der Waals surface area contributed by atoms with Crippen LogP contribution in [-0.4, -0.2) is 24.2 Å². The molecule has 0 heterocycles. The first kappa shape index (κ1) is 19.0. The fourth-order valence-electron chi connectivity index (χ4n) is 2.14. The highest BCUT2D eigenvalue weighted by atomic mass is 32.2. The summed E-state index contributed by atoms with van der Waals surface area (Å²) in [5, 5.41) is 29.3. The molecule has 12 heteroatoms. The van der Waals surface area contributed by atoms with Gasteiger partial charge in [-0.15, -0.1) is 0 Å². The monoisotopic (exact) mass is 380 g/mol. The van der Waals surface area contributed by atoms with Crippen LogP contribution < -0.4 is 10.5 Å². The number of carbonyl (C=O) groups excluding carboxylic acids is 1. The molecule has 0 aliphatic heterocycles. The van der Waals surface area contributed by atoms with Crippen molar-refractivity contribution in [1.29, 1.82) is 0 Å². The summed E-state index contributed by atoms with van der Waals surface area (Å²) < 4.78 is 22.4. The lowest BCUT2D eigenvalue weighted by atomic mass is 10.0. The molecule has 0 saturated heterocycles. The predicted octanol–water partition coefficient (Wildman–Crippen LogP) is 1.71. The summed E-state index contributed by atoms with van der Waals surface area (Å²) in [5.74, 6) is -0.822. The summed E-state index contributed by atoms with van der Waals surface area (Å²) in [6, 6.07) is 6.54. The van der Waals surface area contributed by atoms with Gasteiger partial charge >= 0.3 is 0 Å². The van der Waals surface area contributed by atoms with Crippen molar-refractivity contribution in [3.05, 3.63) is 67.8 Å². The standard InChI is InChI=1S/C14H12N4O7S/c1-8-12(6-10(17(20)21)7-13(8)18(22)23)14(19)16-9-2-4-11(5-3-9)26(15,24)25/h2-7H,1H3,(H,16,19)(H2,15,24,25). The molecule has 0 aliphatic rings. The van der Waals surface area contributed by atoms with Crippen molar-refractivity contribution in [1.82, 2.24) is 0 Å². The van der Waals surface area contributed by atoms with E-state index < -0.39 is 37.2 Å². The fourth-order valence-corrected chi connectivity index (χ4v) is 2.66. The van der Waals surface area contributed by atoms with Crippen LogP contribution in [0, 0.1) is 27.2 Å². The summed E-state index contributed by atoms with van der Waals surface area (Å²) in [6.45, 7) is 1.29. The van der Waals surface area contributed by atoms with Gasteiger partial charge in [-0.25, -0.2) is 13.6 Å². The van der Waals surface area contributed by atoms with Crippen molar-refractivity contribution in [3.8, 4) is 0 Å². The molecule has 136 valence electrons. The highest BCUT2D eigenvalue weighted by Gasteiger charge is 2.24. The van der Waals surface area contributed by atoms with Gasteiger partial charge in [0.05, 0.1) is 26.4 Å². The molecule has 2 aromatic carbocycles. The van der Waals surface area contributed by atoms with E-state index >= 15 is 0 Å². The Kier molecular flexibility index (Phi) is 5.00. The largest absolute Gasteiger partial charge is 0.322 e. The Morgan fingerprint density at radius 3 is 2.12 bits per heavy atom. The molecular formula is C14H12N4O7S. The van der Waals surface area contributed by atoms with Crippen LogP contribution in [0.5, 0.6) is 0 Å². The number of nitrogens with two attached hydrogens (primary N) is 1. The molecule has 1 amide bonds. The van der Waals surface area contributed by atoms with Gasteiger partial charge in [-0.1, -0.05) is 0 Å². The second-order valence-electron chi connectivity index (χ2n) is 5.18. The molecule has 0 bridgehead atoms. The predicted molar refractivity (Wildman–Crippen MR) is 90.3 cm³/mol.